The Morgan fingerprint density at radius 2 is 1.94 bits per heavy atom. The molecule has 0 bridgehead atoms. The first kappa shape index (κ1) is 12.9. The lowest BCUT2D eigenvalue weighted by Crippen LogP contribution is -2.41. The third kappa shape index (κ3) is 3.23. The Morgan fingerprint density at radius 1 is 1.28 bits per heavy atom. The number of aromatic hydroxyl groups is 1. The summed E-state index contributed by atoms with van der Waals surface area (Å²) in [5, 5.41) is 22.4. The van der Waals surface area contributed by atoms with Gasteiger partial charge in [0.2, 0.25) is 5.91 Å². The monoisotopic (exact) mass is 249 g/mol. The summed E-state index contributed by atoms with van der Waals surface area (Å²) in [4.78, 5) is 11.7. The van der Waals surface area contributed by atoms with Gasteiger partial charge in [0, 0.05) is 12.1 Å². The van der Waals surface area contributed by atoms with Crippen molar-refractivity contribution in [1.82, 2.24) is 5.32 Å². The Hall–Kier alpha value is -1.55. The maximum atomic E-state index is 11.7. The van der Waals surface area contributed by atoms with E-state index in [-0.39, 0.29) is 18.1 Å². The number of aliphatic hydroxyl groups is 1. The Morgan fingerprint density at radius 3 is 2.61 bits per heavy atom. The minimum Gasteiger partial charge on any atom is -0.508 e. The topological polar surface area (TPSA) is 69.6 Å². The molecule has 1 aromatic rings. The van der Waals surface area contributed by atoms with Crippen molar-refractivity contribution in [2.45, 2.75) is 37.7 Å². The van der Waals surface area contributed by atoms with E-state index in [2.05, 4.69) is 5.32 Å². The fourth-order valence-corrected chi connectivity index (χ4v) is 2.37. The molecular weight excluding hydrogens is 230 g/mol. The van der Waals surface area contributed by atoms with Gasteiger partial charge in [-0.2, -0.15) is 0 Å². The van der Waals surface area contributed by atoms with Crippen LogP contribution in [-0.4, -0.2) is 28.3 Å². The van der Waals surface area contributed by atoms with E-state index < -0.39 is 5.60 Å². The molecule has 3 N–H and O–H groups in total. The van der Waals surface area contributed by atoms with Crippen molar-refractivity contribution in [3.05, 3.63) is 29.8 Å². The molecule has 2 rings (SSSR count). The van der Waals surface area contributed by atoms with Gasteiger partial charge in [0.05, 0.1) is 12.0 Å². The molecule has 0 spiro atoms. The number of amides is 1. The van der Waals surface area contributed by atoms with Crippen molar-refractivity contribution in [2.75, 3.05) is 6.54 Å². The van der Waals surface area contributed by atoms with Gasteiger partial charge in [-0.3, -0.25) is 4.79 Å². The van der Waals surface area contributed by atoms with E-state index in [0.29, 0.717) is 12.1 Å². The summed E-state index contributed by atoms with van der Waals surface area (Å²) < 4.78 is 0. The zero-order chi connectivity index (χ0) is 13.0. The second-order valence-corrected chi connectivity index (χ2v) is 5.01. The minimum atomic E-state index is -0.728. The second-order valence-electron chi connectivity index (χ2n) is 5.01. The number of carbonyl (C=O) groups excluding carboxylic acids is 1. The average molecular weight is 249 g/mol. The number of phenolic OH excluding ortho intramolecular Hbond substituents is 1. The largest absolute Gasteiger partial charge is 0.508 e. The van der Waals surface area contributed by atoms with E-state index in [1.165, 1.54) is 0 Å². The van der Waals surface area contributed by atoms with Crippen molar-refractivity contribution in [3.8, 4) is 5.75 Å². The summed E-state index contributed by atoms with van der Waals surface area (Å²) >= 11 is 0. The van der Waals surface area contributed by atoms with Crippen molar-refractivity contribution >= 4 is 5.91 Å². The van der Waals surface area contributed by atoms with Crippen LogP contribution < -0.4 is 5.32 Å². The van der Waals surface area contributed by atoms with Crippen LogP contribution in [0.2, 0.25) is 0 Å². The highest BCUT2D eigenvalue weighted by Crippen LogP contribution is 2.28. The number of benzene rings is 1. The molecule has 1 fully saturated rings. The van der Waals surface area contributed by atoms with Crippen LogP contribution in [0.25, 0.3) is 0 Å². The summed E-state index contributed by atoms with van der Waals surface area (Å²) in [6.45, 7) is 0.305. The average Bonchev–Trinajstić information content (AvgIpc) is 2.77. The molecule has 0 heterocycles. The van der Waals surface area contributed by atoms with Crippen LogP contribution in [0, 0.1) is 0 Å². The summed E-state index contributed by atoms with van der Waals surface area (Å²) in [7, 11) is 0. The van der Waals surface area contributed by atoms with E-state index in [0.717, 1.165) is 25.7 Å². The van der Waals surface area contributed by atoms with Gasteiger partial charge >= 0.3 is 0 Å². The number of nitrogens with one attached hydrogen (secondary N) is 1. The van der Waals surface area contributed by atoms with E-state index in [1.54, 1.807) is 24.3 Å². The lowest BCUT2D eigenvalue weighted by Gasteiger charge is -2.22. The molecule has 1 saturated carbocycles. The van der Waals surface area contributed by atoms with Crippen LogP contribution in [0.4, 0.5) is 0 Å². The number of para-hydroxylation sites is 1. The van der Waals surface area contributed by atoms with Crippen molar-refractivity contribution in [2.24, 2.45) is 0 Å². The van der Waals surface area contributed by atoms with E-state index in [1.807, 2.05) is 0 Å². The minimum absolute atomic E-state index is 0.132. The molecule has 18 heavy (non-hydrogen) atoms. The molecule has 98 valence electrons. The van der Waals surface area contributed by atoms with Crippen LogP contribution in [0.1, 0.15) is 31.2 Å². The molecule has 1 aliphatic carbocycles. The summed E-state index contributed by atoms with van der Waals surface area (Å²) in [5.74, 6) is -0.0379. The van der Waals surface area contributed by atoms with Crippen molar-refractivity contribution in [3.63, 3.8) is 0 Å². The van der Waals surface area contributed by atoms with Gasteiger partial charge in [-0.15, -0.1) is 0 Å². The molecule has 0 unspecified atom stereocenters. The fraction of sp³-hybridized carbons (Fsp3) is 0.500. The molecule has 1 aromatic carbocycles. The summed E-state index contributed by atoms with van der Waals surface area (Å²) in [6.07, 6.45) is 3.69. The number of carbonyl (C=O) groups is 1. The lowest BCUT2D eigenvalue weighted by atomic mass is 10.0. The Balaban J connectivity index is 1.84. The number of phenols is 1. The van der Waals surface area contributed by atoms with Gasteiger partial charge in [0.1, 0.15) is 5.75 Å². The van der Waals surface area contributed by atoms with Gasteiger partial charge < -0.3 is 15.5 Å². The number of hydrogen-bond acceptors (Lipinski definition) is 3. The second kappa shape index (κ2) is 5.40. The van der Waals surface area contributed by atoms with Gasteiger partial charge in [0.15, 0.2) is 0 Å². The lowest BCUT2D eigenvalue weighted by molar-refractivity contribution is -0.121. The molecule has 4 nitrogen and oxygen atoms in total. The molecule has 4 heteroatoms. The Kier molecular flexibility index (Phi) is 3.87. The number of hydrogen-bond donors (Lipinski definition) is 3. The highest BCUT2D eigenvalue weighted by Gasteiger charge is 2.31. The van der Waals surface area contributed by atoms with Crippen LogP contribution in [0.5, 0.6) is 5.75 Å². The standard InChI is InChI=1S/C14H19NO3/c16-12-6-2-1-5-11(12)9-13(17)15-10-14(18)7-3-4-8-14/h1-2,5-6,16,18H,3-4,7-10H2,(H,15,17). The van der Waals surface area contributed by atoms with Gasteiger partial charge in [-0.1, -0.05) is 31.0 Å². The zero-order valence-electron chi connectivity index (χ0n) is 10.4. The van der Waals surface area contributed by atoms with Crippen molar-refractivity contribution in [1.29, 1.82) is 0 Å². The predicted octanol–water partition coefficient (Wildman–Crippen LogP) is 1.36. The fourth-order valence-electron chi connectivity index (χ4n) is 2.37. The first-order chi connectivity index (χ1) is 8.59. The van der Waals surface area contributed by atoms with Crippen molar-refractivity contribution < 1.29 is 15.0 Å². The first-order valence-electron chi connectivity index (χ1n) is 6.35. The maximum Gasteiger partial charge on any atom is 0.224 e. The normalized spacial score (nSPS) is 17.6. The highest BCUT2D eigenvalue weighted by atomic mass is 16.3. The summed E-state index contributed by atoms with van der Waals surface area (Å²) in [5.41, 5.74) is -0.123. The van der Waals surface area contributed by atoms with Gasteiger partial charge in [-0.05, 0) is 18.9 Å². The highest BCUT2D eigenvalue weighted by molar-refractivity contribution is 5.79. The molecule has 1 aliphatic rings. The third-order valence-electron chi connectivity index (χ3n) is 3.49. The Bertz CT molecular complexity index is 425. The molecule has 0 saturated heterocycles. The molecule has 1 amide bonds. The molecule has 0 atom stereocenters. The third-order valence-corrected chi connectivity index (χ3v) is 3.49. The van der Waals surface area contributed by atoms with Crippen LogP contribution in [0.15, 0.2) is 24.3 Å². The maximum absolute atomic E-state index is 11.7. The number of rotatable bonds is 4. The molecule has 0 aliphatic heterocycles. The molecule has 0 radical (unpaired) electrons. The first-order valence-corrected chi connectivity index (χ1v) is 6.35. The van der Waals surface area contributed by atoms with Gasteiger partial charge in [-0.25, -0.2) is 0 Å². The van der Waals surface area contributed by atoms with Crippen LogP contribution in [0.3, 0.4) is 0 Å². The van der Waals surface area contributed by atoms with Crippen LogP contribution in [-0.2, 0) is 11.2 Å². The molecule has 0 aromatic heterocycles. The van der Waals surface area contributed by atoms with Gasteiger partial charge in [0.25, 0.3) is 0 Å². The van der Waals surface area contributed by atoms with E-state index in [4.69, 9.17) is 0 Å². The smallest absolute Gasteiger partial charge is 0.224 e. The van der Waals surface area contributed by atoms with E-state index in [9.17, 15) is 15.0 Å². The zero-order valence-corrected chi connectivity index (χ0v) is 10.4. The van der Waals surface area contributed by atoms with E-state index >= 15 is 0 Å². The molecular formula is C14H19NO3. The Labute approximate surface area is 107 Å². The summed E-state index contributed by atoms with van der Waals surface area (Å²) in [6, 6.07) is 6.79. The quantitative estimate of drug-likeness (QED) is 0.754. The predicted molar refractivity (Wildman–Crippen MR) is 68.2 cm³/mol. The SMILES string of the molecule is O=C(Cc1ccccc1O)NCC1(O)CCCC1. The van der Waals surface area contributed by atoms with Crippen LogP contribution >= 0.6 is 0 Å².